The number of rotatable bonds is 7. The van der Waals surface area contributed by atoms with Crippen molar-refractivity contribution in [2.24, 2.45) is 0 Å². The molecule has 0 aliphatic rings. The van der Waals surface area contributed by atoms with Crippen LogP contribution in [0.4, 0.5) is 0 Å². The molecule has 3 nitrogen and oxygen atoms in total. The van der Waals surface area contributed by atoms with Crippen LogP contribution in [0.5, 0.6) is 0 Å². The molecule has 0 amide bonds. The zero-order valence-electron chi connectivity index (χ0n) is 10.4. The van der Waals surface area contributed by atoms with Crippen molar-refractivity contribution >= 4 is 11.6 Å². The zero-order chi connectivity index (χ0) is 12.0. The maximum atomic E-state index is 6.09. The van der Waals surface area contributed by atoms with Crippen molar-refractivity contribution in [2.75, 3.05) is 0 Å². The second kappa shape index (κ2) is 6.92. The summed E-state index contributed by atoms with van der Waals surface area (Å²) in [6.45, 7) is 7.76. The van der Waals surface area contributed by atoms with Gasteiger partial charge < -0.3 is 4.74 Å². The molecule has 1 aromatic rings. The Morgan fingerprint density at radius 1 is 1.50 bits per heavy atom. The van der Waals surface area contributed by atoms with E-state index in [0.717, 1.165) is 31.5 Å². The van der Waals surface area contributed by atoms with Gasteiger partial charge in [0.2, 0.25) is 0 Å². The zero-order valence-corrected chi connectivity index (χ0v) is 11.1. The van der Waals surface area contributed by atoms with Gasteiger partial charge in [-0.15, -0.1) is 0 Å². The molecule has 0 spiro atoms. The summed E-state index contributed by atoms with van der Waals surface area (Å²) >= 11 is 6.09. The lowest BCUT2D eigenvalue weighted by Crippen LogP contribution is -2.07. The van der Waals surface area contributed by atoms with Gasteiger partial charge in [-0.05, 0) is 19.8 Å². The van der Waals surface area contributed by atoms with Crippen LogP contribution in [0.25, 0.3) is 0 Å². The molecule has 16 heavy (non-hydrogen) atoms. The molecule has 1 atom stereocenters. The highest BCUT2D eigenvalue weighted by Crippen LogP contribution is 2.16. The maximum absolute atomic E-state index is 6.09. The molecule has 0 fully saturated rings. The van der Waals surface area contributed by atoms with E-state index in [9.17, 15) is 0 Å². The van der Waals surface area contributed by atoms with Gasteiger partial charge in [0, 0.05) is 12.7 Å². The second-order valence-electron chi connectivity index (χ2n) is 4.07. The fraction of sp³-hybridized carbons (Fsp3) is 0.750. The van der Waals surface area contributed by atoms with Gasteiger partial charge in [0.1, 0.15) is 5.69 Å². The molecule has 0 saturated heterocycles. The summed E-state index contributed by atoms with van der Waals surface area (Å²) in [6, 6.07) is 0. The van der Waals surface area contributed by atoms with Crippen LogP contribution in [-0.4, -0.2) is 15.9 Å². The van der Waals surface area contributed by atoms with Gasteiger partial charge in [0.25, 0.3) is 0 Å². The summed E-state index contributed by atoms with van der Waals surface area (Å²) in [5, 5.41) is 5.12. The average Bonchev–Trinajstić information content (AvgIpc) is 2.64. The van der Waals surface area contributed by atoms with Crippen molar-refractivity contribution in [1.82, 2.24) is 9.78 Å². The first kappa shape index (κ1) is 13.5. The summed E-state index contributed by atoms with van der Waals surface area (Å²) in [4.78, 5) is 0. The first-order chi connectivity index (χ1) is 7.67. The van der Waals surface area contributed by atoms with E-state index in [1.807, 2.05) is 10.9 Å². The molecule has 0 radical (unpaired) electrons. The summed E-state index contributed by atoms with van der Waals surface area (Å²) in [7, 11) is 0. The highest BCUT2D eigenvalue weighted by Gasteiger charge is 2.08. The van der Waals surface area contributed by atoms with Crippen LogP contribution in [-0.2, 0) is 17.9 Å². The summed E-state index contributed by atoms with van der Waals surface area (Å²) in [5.74, 6) is 0. The fourth-order valence-corrected chi connectivity index (χ4v) is 1.51. The molecule has 1 heterocycles. The van der Waals surface area contributed by atoms with Crippen molar-refractivity contribution in [3.63, 3.8) is 0 Å². The number of hydrogen-bond donors (Lipinski definition) is 0. The maximum Gasteiger partial charge on any atom is 0.107 e. The van der Waals surface area contributed by atoms with Crippen LogP contribution in [0, 0.1) is 0 Å². The highest BCUT2D eigenvalue weighted by molar-refractivity contribution is 6.31. The van der Waals surface area contributed by atoms with Crippen LogP contribution < -0.4 is 0 Å². The summed E-state index contributed by atoms with van der Waals surface area (Å²) in [5.41, 5.74) is 0.845. The summed E-state index contributed by atoms with van der Waals surface area (Å²) in [6.07, 6.45) is 5.44. The first-order valence-electron chi connectivity index (χ1n) is 6.00. The fourth-order valence-electron chi connectivity index (χ4n) is 1.31. The molecule has 0 N–H and O–H groups in total. The van der Waals surface area contributed by atoms with E-state index in [4.69, 9.17) is 16.3 Å². The molecular weight excluding hydrogens is 224 g/mol. The molecule has 0 bridgehead atoms. The number of ether oxygens (including phenoxy) is 1. The minimum atomic E-state index is 0.261. The van der Waals surface area contributed by atoms with Crippen LogP contribution in [0.1, 0.15) is 45.7 Å². The Balaban J connectivity index is 2.49. The van der Waals surface area contributed by atoms with E-state index >= 15 is 0 Å². The SMILES string of the molecule is CCCCn1cc(Cl)c(CO[C@H](C)CC)n1. The van der Waals surface area contributed by atoms with Gasteiger partial charge >= 0.3 is 0 Å². The average molecular weight is 245 g/mol. The summed E-state index contributed by atoms with van der Waals surface area (Å²) < 4.78 is 7.52. The van der Waals surface area contributed by atoms with Crippen LogP contribution in [0.15, 0.2) is 6.20 Å². The molecule has 4 heteroatoms. The molecule has 0 saturated carbocycles. The van der Waals surface area contributed by atoms with E-state index in [2.05, 4.69) is 25.9 Å². The van der Waals surface area contributed by atoms with Crippen LogP contribution in [0.3, 0.4) is 0 Å². The first-order valence-corrected chi connectivity index (χ1v) is 6.38. The van der Waals surface area contributed by atoms with E-state index in [1.165, 1.54) is 0 Å². The van der Waals surface area contributed by atoms with Crippen molar-refractivity contribution in [3.05, 3.63) is 16.9 Å². The smallest absolute Gasteiger partial charge is 0.107 e. The normalized spacial score (nSPS) is 13.0. The lowest BCUT2D eigenvalue weighted by Gasteiger charge is -2.08. The Morgan fingerprint density at radius 3 is 2.88 bits per heavy atom. The lowest BCUT2D eigenvalue weighted by atomic mass is 10.3. The number of aryl methyl sites for hydroxylation is 1. The van der Waals surface area contributed by atoms with Crippen molar-refractivity contribution in [2.45, 2.75) is 59.3 Å². The largest absolute Gasteiger partial charge is 0.372 e. The monoisotopic (exact) mass is 244 g/mol. The quantitative estimate of drug-likeness (QED) is 0.732. The predicted molar refractivity (Wildman–Crippen MR) is 66.7 cm³/mol. The molecule has 0 aliphatic heterocycles. The number of halogens is 1. The molecule has 0 aromatic carbocycles. The van der Waals surface area contributed by atoms with Crippen molar-refractivity contribution < 1.29 is 4.74 Å². The topological polar surface area (TPSA) is 27.1 Å². The van der Waals surface area contributed by atoms with Gasteiger partial charge in [-0.25, -0.2) is 0 Å². The standard InChI is InChI=1S/C12H21ClN2O/c1-4-6-7-15-8-11(13)12(14-15)9-16-10(3)5-2/h8,10H,4-7,9H2,1-3H3/t10-/m1/s1. The van der Waals surface area contributed by atoms with E-state index in [-0.39, 0.29) is 6.10 Å². The van der Waals surface area contributed by atoms with Gasteiger partial charge in [-0.3, -0.25) is 4.68 Å². The van der Waals surface area contributed by atoms with Gasteiger partial charge in [-0.2, -0.15) is 5.10 Å². The van der Waals surface area contributed by atoms with Crippen molar-refractivity contribution in [3.8, 4) is 0 Å². The van der Waals surface area contributed by atoms with E-state index in [1.54, 1.807) is 0 Å². The number of nitrogens with zero attached hydrogens (tertiary/aromatic N) is 2. The molecule has 1 aromatic heterocycles. The van der Waals surface area contributed by atoms with Gasteiger partial charge in [-0.1, -0.05) is 31.9 Å². The van der Waals surface area contributed by atoms with E-state index < -0.39 is 0 Å². The second-order valence-corrected chi connectivity index (χ2v) is 4.48. The highest BCUT2D eigenvalue weighted by atomic mass is 35.5. The number of unbranched alkanes of at least 4 members (excludes halogenated alkanes) is 1. The minimum Gasteiger partial charge on any atom is -0.372 e. The third kappa shape index (κ3) is 4.14. The Labute approximate surface area is 103 Å². The number of hydrogen-bond acceptors (Lipinski definition) is 2. The molecule has 0 aliphatic carbocycles. The minimum absolute atomic E-state index is 0.261. The Bertz CT molecular complexity index is 312. The Morgan fingerprint density at radius 2 is 2.25 bits per heavy atom. The van der Waals surface area contributed by atoms with Crippen molar-refractivity contribution in [1.29, 1.82) is 0 Å². The molecule has 0 unspecified atom stereocenters. The van der Waals surface area contributed by atoms with Crippen LogP contribution >= 0.6 is 11.6 Å². The molecule has 1 rings (SSSR count). The number of aromatic nitrogens is 2. The van der Waals surface area contributed by atoms with Gasteiger partial charge in [0.05, 0.1) is 17.7 Å². The van der Waals surface area contributed by atoms with E-state index in [0.29, 0.717) is 11.6 Å². The molecule has 92 valence electrons. The Hall–Kier alpha value is -0.540. The van der Waals surface area contributed by atoms with Gasteiger partial charge in [0.15, 0.2) is 0 Å². The Kier molecular flexibility index (Phi) is 5.85. The third-order valence-electron chi connectivity index (χ3n) is 2.61. The van der Waals surface area contributed by atoms with Crippen LogP contribution in [0.2, 0.25) is 5.02 Å². The predicted octanol–water partition coefficient (Wildman–Crippen LogP) is 3.65. The third-order valence-corrected chi connectivity index (χ3v) is 2.92. The lowest BCUT2D eigenvalue weighted by molar-refractivity contribution is 0.0486. The molecular formula is C12H21ClN2O.